The molecule has 1 heterocycles. The fourth-order valence-electron chi connectivity index (χ4n) is 4.10. The fraction of sp³-hybridized carbons (Fsp3) is 0.217. The topological polar surface area (TPSA) is 158 Å². The predicted molar refractivity (Wildman–Crippen MR) is 122 cm³/mol. The maximum atomic E-state index is 11.7. The average Bonchev–Trinajstić information content (AvgIpc) is 3.33. The Bertz CT molecular complexity index is 1370. The van der Waals surface area contributed by atoms with Crippen molar-refractivity contribution in [2.24, 2.45) is 0 Å². The average molecular weight is 566 g/mol. The fourth-order valence-corrected chi connectivity index (χ4v) is 5.05. The van der Waals surface area contributed by atoms with Gasteiger partial charge in [0.05, 0.1) is 12.7 Å². The molecule has 0 radical (unpaired) electrons. The first-order valence-electron chi connectivity index (χ1n) is 10.4. The molecular weight excluding hydrogens is 544 g/mol. The van der Waals surface area contributed by atoms with Crippen LogP contribution in [0.25, 0.3) is 5.57 Å². The van der Waals surface area contributed by atoms with E-state index in [2.05, 4.69) is 4.98 Å². The molecular formula is C23H21NNa2O9S2. The van der Waals surface area contributed by atoms with Gasteiger partial charge >= 0.3 is 59.1 Å². The van der Waals surface area contributed by atoms with Crippen molar-refractivity contribution in [3.05, 3.63) is 102 Å². The molecule has 1 N–H and O–H groups in total. The van der Waals surface area contributed by atoms with Gasteiger partial charge in [0.15, 0.2) is 0 Å². The molecule has 0 aliphatic heterocycles. The summed E-state index contributed by atoms with van der Waals surface area (Å²) in [5.41, 5.74) is 1.98. The second kappa shape index (κ2) is 14.0. The van der Waals surface area contributed by atoms with E-state index in [1.807, 2.05) is 0 Å². The third-order valence-corrected chi connectivity index (χ3v) is 6.39. The molecule has 186 valence electrons. The van der Waals surface area contributed by atoms with Gasteiger partial charge in [-0.1, -0.05) is 66.7 Å². The van der Waals surface area contributed by atoms with Gasteiger partial charge in [0.1, 0.15) is 12.2 Å². The number of H-pyrrole nitrogens is 1. The molecule has 0 spiro atoms. The summed E-state index contributed by atoms with van der Waals surface area (Å²) < 4.78 is 85.8. The first kappa shape index (κ1) is 32.4. The Morgan fingerprint density at radius 3 is 1.92 bits per heavy atom. The molecule has 0 saturated heterocycles. The van der Waals surface area contributed by atoms with Gasteiger partial charge in [0, 0.05) is 18.3 Å². The van der Waals surface area contributed by atoms with Crippen LogP contribution in [0.1, 0.15) is 22.6 Å². The van der Waals surface area contributed by atoms with E-state index in [1.165, 1.54) is 0 Å². The van der Waals surface area contributed by atoms with Crippen molar-refractivity contribution in [3.63, 3.8) is 0 Å². The van der Waals surface area contributed by atoms with E-state index >= 15 is 0 Å². The number of aromatic nitrogens is 1. The van der Waals surface area contributed by atoms with Gasteiger partial charge in [-0.25, -0.2) is 16.8 Å². The molecule has 0 saturated carbocycles. The molecule has 10 nitrogen and oxygen atoms in total. The Balaban J connectivity index is 0.00000241. The molecule has 0 unspecified atom stereocenters. The number of rotatable bonds is 9. The molecule has 1 aliphatic rings. The zero-order valence-corrected chi connectivity index (χ0v) is 25.7. The van der Waals surface area contributed by atoms with Crippen LogP contribution in [0.4, 0.5) is 0 Å². The molecule has 14 heteroatoms. The molecule has 4 atom stereocenters. The third-order valence-electron chi connectivity index (χ3n) is 5.49. The largest absolute Gasteiger partial charge is 1.00 e. The van der Waals surface area contributed by atoms with E-state index in [0.717, 1.165) is 5.56 Å². The van der Waals surface area contributed by atoms with Crippen molar-refractivity contribution in [1.82, 2.24) is 4.98 Å². The van der Waals surface area contributed by atoms with Crippen LogP contribution >= 0.6 is 0 Å². The number of benzene rings is 2. The van der Waals surface area contributed by atoms with Gasteiger partial charge in [-0.2, -0.15) is 0 Å². The minimum Gasteiger partial charge on any atom is -0.726 e. The maximum absolute atomic E-state index is 11.7. The van der Waals surface area contributed by atoms with E-state index in [4.69, 9.17) is 13.1 Å². The van der Waals surface area contributed by atoms with E-state index in [9.17, 15) is 25.9 Å². The van der Waals surface area contributed by atoms with Gasteiger partial charge in [-0.05, 0) is 28.3 Å². The summed E-state index contributed by atoms with van der Waals surface area (Å²) in [4.78, 5) is 2.91. The van der Waals surface area contributed by atoms with Crippen LogP contribution in [0.2, 0.25) is 0 Å². The first-order chi connectivity index (χ1) is 16.6. The smallest absolute Gasteiger partial charge is 0.726 e. The number of aromatic amines is 1. The normalized spacial score (nSPS) is 21.8. The molecule has 3 aromatic rings. The zero-order chi connectivity index (χ0) is 25.1. The Kier molecular flexibility index (Phi) is 12.2. The molecule has 4 rings (SSSR count). The van der Waals surface area contributed by atoms with Crippen molar-refractivity contribution in [1.29, 1.82) is 0 Å². The number of ether oxygens (including phenoxy) is 1. The van der Waals surface area contributed by atoms with E-state index in [-0.39, 0.29) is 71.3 Å². The summed E-state index contributed by atoms with van der Waals surface area (Å²) >= 11 is 0. The Hall–Kier alpha value is -0.840. The van der Waals surface area contributed by atoms with Crippen LogP contribution in [0.5, 0.6) is 0 Å². The van der Waals surface area contributed by atoms with Crippen molar-refractivity contribution < 1.29 is 98.2 Å². The van der Waals surface area contributed by atoms with Crippen molar-refractivity contribution in [2.45, 2.75) is 30.8 Å². The van der Waals surface area contributed by atoms with Gasteiger partial charge in [0.25, 0.3) is 0 Å². The van der Waals surface area contributed by atoms with Gasteiger partial charge in [-0.3, -0.25) is 8.37 Å². The molecule has 37 heavy (non-hydrogen) atoms. The van der Waals surface area contributed by atoms with E-state index < -0.39 is 45.0 Å². The Labute approximate surface area is 259 Å². The van der Waals surface area contributed by atoms with Crippen LogP contribution in [0.3, 0.4) is 0 Å². The third kappa shape index (κ3) is 9.11. The van der Waals surface area contributed by atoms with Gasteiger partial charge < -0.3 is 18.8 Å². The summed E-state index contributed by atoms with van der Waals surface area (Å²) in [6.07, 6.45) is 0.154. The van der Waals surface area contributed by atoms with Gasteiger partial charge in [0.2, 0.25) is 20.8 Å². The molecule has 1 aliphatic carbocycles. The SMILES string of the molecule is O=S(=O)([O-])O[C@H]1[C@H](OCc2ccccc2)[C@@H](c2cc[nH]c2)C=C(c2ccccc2)[C@H]1OS(=O)(=O)[O-].[Na+].[Na+]. The van der Waals surface area contributed by atoms with Crippen LogP contribution in [0.15, 0.2) is 85.2 Å². The van der Waals surface area contributed by atoms with Crippen molar-refractivity contribution in [3.8, 4) is 0 Å². The Morgan fingerprint density at radius 2 is 1.38 bits per heavy atom. The standard InChI is InChI=1S/C23H23NO9S2.2Na/c25-34(26,27)32-22-19(17-9-5-2-6-10-17)13-20(18-11-12-24-14-18)21(23(22)33-35(28,29)30)31-15-16-7-3-1-4-8-16;;/h1-14,20-24H,15H2,(H,25,26,27)(H,28,29,30);;/q;2*+1/p-2/t20-,21-,22-,23+;;/m1../s1. The summed E-state index contributed by atoms with van der Waals surface area (Å²) in [5, 5.41) is 0. The maximum Gasteiger partial charge on any atom is 1.00 e. The van der Waals surface area contributed by atoms with Crippen molar-refractivity contribution >= 4 is 26.4 Å². The second-order valence-corrected chi connectivity index (χ2v) is 9.83. The van der Waals surface area contributed by atoms with E-state index in [1.54, 1.807) is 85.2 Å². The molecule has 0 bridgehead atoms. The summed E-state index contributed by atoms with van der Waals surface area (Å²) in [6.45, 7) is -0.0173. The minimum absolute atomic E-state index is 0. The van der Waals surface area contributed by atoms with Gasteiger partial charge in [-0.15, -0.1) is 0 Å². The van der Waals surface area contributed by atoms with Crippen LogP contribution in [-0.4, -0.2) is 49.2 Å². The molecule has 0 amide bonds. The second-order valence-electron chi connectivity index (χ2n) is 7.81. The summed E-state index contributed by atoms with van der Waals surface area (Å²) in [7, 11) is -10.7. The predicted octanol–water partition coefficient (Wildman–Crippen LogP) is -3.52. The van der Waals surface area contributed by atoms with Crippen LogP contribution < -0.4 is 59.1 Å². The number of nitrogens with one attached hydrogen (secondary N) is 1. The first-order valence-corrected chi connectivity index (χ1v) is 13.1. The van der Waals surface area contributed by atoms with E-state index in [0.29, 0.717) is 11.1 Å². The molecule has 2 aromatic carbocycles. The van der Waals surface area contributed by atoms with Crippen molar-refractivity contribution in [2.75, 3.05) is 0 Å². The Morgan fingerprint density at radius 1 is 0.784 bits per heavy atom. The monoisotopic (exact) mass is 565 g/mol. The minimum atomic E-state index is -5.37. The molecule has 1 aromatic heterocycles. The quantitative estimate of drug-likeness (QED) is 0.158. The zero-order valence-electron chi connectivity index (χ0n) is 20.1. The molecule has 0 fully saturated rings. The number of hydrogen-bond acceptors (Lipinski definition) is 9. The number of hydrogen-bond donors (Lipinski definition) is 1. The summed E-state index contributed by atoms with van der Waals surface area (Å²) in [5.74, 6) is -0.693. The summed E-state index contributed by atoms with van der Waals surface area (Å²) in [6, 6.07) is 18.9. The van der Waals surface area contributed by atoms with Crippen LogP contribution in [0, 0.1) is 0 Å². The van der Waals surface area contributed by atoms with Crippen LogP contribution in [-0.2, 0) is 40.5 Å².